The van der Waals surface area contributed by atoms with Crippen molar-refractivity contribution < 1.29 is 9.58 Å². The number of Topliss-reactive ketones (excluding diaryl/α,β-unsaturated/α-hetero) is 1. The Hall–Kier alpha value is -1.73. The number of rotatable bonds is 4. The fourth-order valence-corrected chi connectivity index (χ4v) is 1.52. The van der Waals surface area contributed by atoms with Gasteiger partial charge >= 0.3 is 6.21 Å². The maximum atomic E-state index is 11.8. The first kappa shape index (κ1) is 11.3. The molecule has 15 heavy (non-hydrogen) atoms. The molecule has 78 valence electrons. The van der Waals surface area contributed by atoms with Gasteiger partial charge in [-0.15, -0.1) is 0 Å². The van der Waals surface area contributed by atoms with Gasteiger partial charge in [0.15, 0.2) is 0 Å². The Morgan fingerprint density at radius 3 is 2.53 bits per heavy atom. The van der Waals surface area contributed by atoms with Gasteiger partial charge < -0.3 is 5.53 Å². The van der Waals surface area contributed by atoms with E-state index in [9.17, 15) is 4.79 Å². The van der Waals surface area contributed by atoms with Gasteiger partial charge in [0.1, 0.15) is 0 Å². The molecular formula is C12H14N2O. The molecule has 0 aliphatic rings. The van der Waals surface area contributed by atoms with Crippen LogP contribution in [0, 0.1) is 0 Å². The van der Waals surface area contributed by atoms with Gasteiger partial charge in [-0.25, -0.2) is 0 Å². The largest absolute Gasteiger partial charge is 0.361 e. The van der Waals surface area contributed by atoms with Crippen LogP contribution in [0.3, 0.4) is 0 Å². The molecule has 0 radical (unpaired) electrons. The fraction of sp³-hybridized carbons (Fsp3) is 0.333. The Kier molecular flexibility index (Phi) is 3.53. The second-order valence-electron chi connectivity index (χ2n) is 3.66. The molecule has 0 aliphatic carbocycles. The van der Waals surface area contributed by atoms with E-state index < -0.39 is 5.41 Å². The molecule has 0 saturated heterocycles. The summed E-state index contributed by atoms with van der Waals surface area (Å²) in [6, 6.07) is 9.52. The molecule has 1 aromatic carbocycles. The van der Waals surface area contributed by atoms with Crippen molar-refractivity contribution in [2.45, 2.75) is 25.7 Å². The van der Waals surface area contributed by atoms with Crippen molar-refractivity contribution >= 4 is 12.0 Å². The standard InChI is InChI=1S/C12H14N2O/c1-3-12(2,11(15)9-14-13)10-7-5-4-6-8-10/h4-9H,3H2,1-2H3. The maximum Gasteiger partial charge on any atom is 0.324 e. The smallest absolute Gasteiger partial charge is 0.324 e. The van der Waals surface area contributed by atoms with Crippen molar-refractivity contribution in [3.05, 3.63) is 41.4 Å². The van der Waals surface area contributed by atoms with Crippen LogP contribution in [0.15, 0.2) is 30.3 Å². The summed E-state index contributed by atoms with van der Waals surface area (Å²) in [5.41, 5.74) is 8.73. The highest BCUT2D eigenvalue weighted by molar-refractivity contribution is 6.29. The molecule has 0 spiro atoms. The molecule has 1 aromatic rings. The van der Waals surface area contributed by atoms with Crippen molar-refractivity contribution in [2.24, 2.45) is 0 Å². The first-order chi connectivity index (χ1) is 7.15. The topological polar surface area (TPSA) is 53.5 Å². The second kappa shape index (κ2) is 4.67. The average molecular weight is 202 g/mol. The zero-order valence-corrected chi connectivity index (χ0v) is 8.97. The van der Waals surface area contributed by atoms with Crippen LogP contribution in [-0.2, 0) is 10.2 Å². The summed E-state index contributed by atoms with van der Waals surface area (Å²) in [5, 5.41) is 0. The van der Waals surface area contributed by atoms with Gasteiger partial charge in [0.2, 0.25) is 5.78 Å². The maximum absolute atomic E-state index is 11.8. The van der Waals surface area contributed by atoms with E-state index in [1.165, 1.54) is 0 Å². The number of carbonyl (C=O) groups is 1. The normalized spacial score (nSPS) is 13.7. The molecule has 0 saturated carbocycles. The van der Waals surface area contributed by atoms with E-state index in [1.807, 2.05) is 44.2 Å². The Morgan fingerprint density at radius 2 is 2.07 bits per heavy atom. The Morgan fingerprint density at radius 1 is 1.47 bits per heavy atom. The Labute approximate surface area is 89.4 Å². The lowest BCUT2D eigenvalue weighted by Crippen LogP contribution is -2.33. The zero-order valence-electron chi connectivity index (χ0n) is 8.97. The number of benzene rings is 1. The summed E-state index contributed by atoms with van der Waals surface area (Å²) >= 11 is 0. The van der Waals surface area contributed by atoms with Crippen molar-refractivity contribution in [3.63, 3.8) is 0 Å². The van der Waals surface area contributed by atoms with Crippen LogP contribution in [-0.4, -0.2) is 16.8 Å². The first-order valence-corrected chi connectivity index (χ1v) is 4.92. The molecule has 0 fully saturated rings. The fourth-order valence-electron chi connectivity index (χ4n) is 1.52. The minimum absolute atomic E-state index is 0.182. The molecule has 0 heterocycles. The highest BCUT2D eigenvalue weighted by atomic mass is 16.1. The zero-order chi connectivity index (χ0) is 11.3. The van der Waals surface area contributed by atoms with E-state index in [0.717, 1.165) is 11.8 Å². The van der Waals surface area contributed by atoms with E-state index in [1.54, 1.807) is 0 Å². The van der Waals surface area contributed by atoms with Gasteiger partial charge in [-0.2, -0.15) is 4.79 Å². The number of hydrogen-bond donors (Lipinski definition) is 0. The predicted octanol–water partition coefficient (Wildman–Crippen LogP) is 2.22. The quantitative estimate of drug-likeness (QED) is 0.419. The summed E-state index contributed by atoms with van der Waals surface area (Å²) < 4.78 is 0. The molecular weight excluding hydrogens is 188 g/mol. The van der Waals surface area contributed by atoms with Crippen LogP contribution < -0.4 is 0 Å². The van der Waals surface area contributed by atoms with Crippen molar-refractivity contribution in [1.29, 1.82) is 0 Å². The van der Waals surface area contributed by atoms with E-state index >= 15 is 0 Å². The van der Waals surface area contributed by atoms with Crippen LogP contribution in [0.1, 0.15) is 25.8 Å². The van der Waals surface area contributed by atoms with Gasteiger partial charge in [-0.3, -0.25) is 4.79 Å². The van der Waals surface area contributed by atoms with E-state index in [0.29, 0.717) is 6.42 Å². The van der Waals surface area contributed by atoms with Crippen LogP contribution in [0.25, 0.3) is 5.53 Å². The highest BCUT2D eigenvalue weighted by Gasteiger charge is 2.34. The monoisotopic (exact) mass is 202 g/mol. The molecule has 3 heteroatoms. The van der Waals surface area contributed by atoms with Gasteiger partial charge in [0.25, 0.3) is 0 Å². The summed E-state index contributed by atoms with van der Waals surface area (Å²) in [4.78, 5) is 14.6. The number of nitrogens with zero attached hydrogens (tertiary/aromatic N) is 2. The van der Waals surface area contributed by atoms with E-state index in [4.69, 9.17) is 5.53 Å². The second-order valence-corrected chi connectivity index (χ2v) is 3.66. The third-order valence-corrected chi connectivity index (χ3v) is 2.84. The molecule has 1 rings (SSSR count). The SMILES string of the molecule is CCC(C)(C(=O)C=[N+]=[N-])c1ccccc1. The van der Waals surface area contributed by atoms with Gasteiger partial charge in [-0.05, 0) is 18.9 Å². The van der Waals surface area contributed by atoms with Crippen LogP contribution in [0.2, 0.25) is 0 Å². The Bertz CT molecular complexity index is 393. The lowest BCUT2D eigenvalue weighted by Gasteiger charge is -2.23. The lowest BCUT2D eigenvalue weighted by atomic mass is 9.77. The van der Waals surface area contributed by atoms with Gasteiger partial charge in [0, 0.05) is 0 Å². The summed E-state index contributed by atoms with van der Waals surface area (Å²) in [6.45, 7) is 3.79. The lowest BCUT2D eigenvalue weighted by molar-refractivity contribution is -0.120. The van der Waals surface area contributed by atoms with E-state index in [2.05, 4.69) is 4.79 Å². The molecule has 1 atom stereocenters. The highest BCUT2D eigenvalue weighted by Crippen LogP contribution is 2.27. The third kappa shape index (κ3) is 2.20. The van der Waals surface area contributed by atoms with E-state index in [-0.39, 0.29) is 5.78 Å². The molecule has 0 bridgehead atoms. The molecule has 0 aromatic heterocycles. The third-order valence-electron chi connectivity index (χ3n) is 2.84. The molecule has 0 amide bonds. The summed E-state index contributed by atoms with van der Waals surface area (Å²) in [7, 11) is 0. The minimum atomic E-state index is -0.604. The molecule has 0 N–H and O–H groups in total. The van der Waals surface area contributed by atoms with Gasteiger partial charge in [0.05, 0.1) is 5.41 Å². The molecule has 3 nitrogen and oxygen atoms in total. The van der Waals surface area contributed by atoms with Crippen LogP contribution in [0.4, 0.5) is 0 Å². The van der Waals surface area contributed by atoms with Crippen LogP contribution in [0.5, 0.6) is 0 Å². The summed E-state index contributed by atoms with van der Waals surface area (Å²) in [5.74, 6) is -0.182. The van der Waals surface area contributed by atoms with Crippen molar-refractivity contribution in [2.75, 3.05) is 0 Å². The average Bonchev–Trinajstić information content (AvgIpc) is 2.29. The van der Waals surface area contributed by atoms with Gasteiger partial charge in [-0.1, -0.05) is 37.3 Å². The van der Waals surface area contributed by atoms with Crippen LogP contribution >= 0.6 is 0 Å². The predicted molar refractivity (Wildman–Crippen MR) is 58.8 cm³/mol. The summed E-state index contributed by atoms with van der Waals surface area (Å²) in [6.07, 6.45) is 1.64. The number of ketones is 1. The minimum Gasteiger partial charge on any atom is -0.361 e. The number of hydrogen-bond acceptors (Lipinski definition) is 1. The van der Waals surface area contributed by atoms with Crippen molar-refractivity contribution in [1.82, 2.24) is 0 Å². The number of carbonyl (C=O) groups excluding carboxylic acids is 1. The Balaban J connectivity index is 3.16. The molecule has 1 unspecified atom stereocenters. The first-order valence-electron chi connectivity index (χ1n) is 4.92. The molecule has 0 aliphatic heterocycles. The van der Waals surface area contributed by atoms with Crippen molar-refractivity contribution in [3.8, 4) is 0 Å².